The lowest BCUT2D eigenvalue weighted by Crippen LogP contribution is -2.44. The molecule has 3 aromatic carbocycles. The topological polar surface area (TPSA) is 32.3 Å². The van der Waals surface area contributed by atoms with Gasteiger partial charge < -0.3 is 10.2 Å². The van der Waals surface area contributed by atoms with Gasteiger partial charge in [0, 0.05) is 6.54 Å². The molecule has 0 spiro atoms. The molecule has 3 heteroatoms. The Morgan fingerprint density at radius 3 is 2.09 bits per heavy atom. The van der Waals surface area contributed by atoms with Crippen LogP contribution >= 0.6 is 0 Å². The number of amides is 1. The van der Waals surface area contributed by atoms with E-state index >= 15 is 0 Å². The molecule has 1 heterocycles. The number of likely N-dealkylation sites (tertiary alicyclic amines) is 1. The van der Waals surface area contributed by atoms with Crippen LogP contribution in [-0.2, 0) is 10.2 Å². The number of nitrogens with one attached hydrogen (secondary N) is 1. The molecule has 1 fully saturated rings. The van der Waals surface area contributed by atoms with Crippen LogP contribution in [0.15, 0.2) is 78.9 Å². The molecule has 0 unspecified atom stereocenters. The first kappa shape index (κ1) is 24.2. The summed E-state index contributed by atoms with van der Waals surface area (Å²) in [4.78, 5) is 16.0. The number of hydrogen-bond acceptors (Lipinski definition) is 2. The highest BCUT2D eigenvalue weighted by atomic mass is 16.2. The first-order valence-electron chi connectivity index (χ1n) is 12.7. The van der Waals surface area contributed by atoms with Gasteiger partial charge in [0.25, 0.3) is 0 Å². The number of piperidine rings is 1. The van der Waals surface area contributed by atoms with Crippen molar-refractivity contribution >= 4 is 5.91 Å². The molecule has 178 valence electrons. The van der Waals surface area contributed by atoms with Crippen molar-refractivity contribution in [2.24, 2.45) is 0 Å². The van der Waals surface area contributed by atoms with E-state index in [1.54, 1.807) is 0 Å². The van der Waals surface area contributed by atoms with Crippen LogP contribution in [0, 0.1) is 13.8 Å². The number of nitrogens with zero attached hydrogens (tertiary/aromatic N) is 1. The van der Waals surface area contributed by atoms with Gasteiger partial charge in [0.05, 0.1) is 5.41 Å². The Kier molecular flexibility index (Phi) is 7.84. The molecule has 34 heavy (non-hydrogen) atoms. The van der Waals surface area contributed by atoms with E-state index in [9.17, 15) is 4.79 Å². The molecule has 4 rings (SSSR count). The summed E-state index contributed by atoms with van der Waals surface area (Å²) in [6.45, 7) is 10.5. The van der Waals surface area contributed by atoms with Crippen molar-refractivity contribution in [3.05, 3.63) is 107 Å². The van der Waals surface area contributed by atoms with Gasteiger partial charge >= 0.3 is 0 Å². The van der Waals surface area contributed by atoms with E-state index in [0.717, 1.165) is 37.2 Å². The maximum absolute atomic E-state index is 13.5. The molecular weight excluding hydrogens is 416 g/mol. The van der Waals surface area contributed by atoms with Gasteiger partial charge in [-0.05, 0) is 87.8 Å². The first-order valence-corrected chi connectivity index (χ1v) is 12.7. The fourth-order valence-electron chi connectivity index (χ4n) is 5.32. The second-order valence-corrected chi connectivity index (χ2v) is 9.94. The maximum Gasteiger partial charge on any atom is 0.234 e. The molecule has 1 aliphatic rings. The summed E-state index contributed by atoms with van der Waals surface area (Å²) in [6, 6.07) is 27.1. The lowest BCUT2D eigenvalue weighted by molar-refractivity contribution is -0.124. The minimum Gasteiger partial charge on any atom is -0.355 e. The van der Waals surface area contributed by atoms with Gasteiger partial charge in [0.1, 0.15) is 0 Å². The first-order chi connectivity index (χ1) is 16.5. The number of aryl methyl sites for hydroxylation is 2. The highest BCUT2D eigenvalue weighted by Crippen LogP contribution is 2.33. The van der Waals surface area contributed by atoms with E-state index in [2.05, 4.69) is 42.3 Å². The Bertz CT molecular complexity index is 1030. The van der Waals surface area contributed by atoms with Crippen LogP contribution in [0.25, 0.3) is 0 Å². The van der Waals surface area contributed by atoms with Crippen molar-refractivity contribution < 1.29 is 4.79 Å². The summed E-state index contributed by atoms with van der Waals surface area (Å²) in [5.74, 6) is 0.742. The minimum atomic E-state index is -0.702. The van der Waals surface area contributed by atoms with Gasteiger partial charge in [-0.1, -0.05) is 84.4 Å². The fraction of sp³-hybridized carbons (Fsp3) is 0.387. The van der Waals surface area contributed by atoms with Crippen LogP contribution in [0.5, 0.6) is 0 Å². The van der Waals surface area contributed by atoms with Crippen molar-refractivity contribution in [2.45, 2.75) is 51.4 Å². The van der Waals surface area contributed by atoms with Crippen LogP contribution in [0.4, 0.5) is 0 Å². The summed E-state index contributed by atoms with van der Waals surface area (Å²) >= 11 is 0. The predicted molar refractivity (Wildman–Crippen MR) is 141 cm³/mol. The summed E-state index contributed by atoms with van der Waals surface area (Å²) < 4.78 is 0. The average Bonchev–Trinajstić information content (AvgIpc) is 2.89. The van der Waals surface area contributed by atoms with Crippen LogP contribution in [-0.4, -0.2) is 37.0 Å². The molecule has 0 bridgehead atoms. The van der Waals surface area contributed by atoms with Gasteiger partial charge in [-0.25, -0.2) is 0 Å². The Morgan fingerprint density at radius 2 is 1.50 bits per heavy atom. The maximum atomic E-state index is 13.5. The number of hydrogen-bond donors (Lipinski definition) is 1. The summed E-state index contributed by atoms with van der Waals surface area (Å²) in [5, 5.41) is 3.24. The third-order valence-electron chi connectivity index (χ3n) is 7.56. The quantitative estimate of drug-likeness (QED) is 0.424. The summed E-state index contributed by atoms with van der Waals surface area (Å²) in [5.41, 5.74) is 5.66. The third-order valence-corrected chi connectivity index (χ3v) is 7.56. The molecule has 1 N–H and O–H groups in total. The molecule has 0 aromatic heterocycles. The number of benzene rings is 3. The van der Waals surface area contributed by atoms with Gasteiger partial charge in [-0.15, -0.1) is 0 Å². The lowest BCUT2D eigenvalue weighted by atomic mass is 9.75. The predicted octanol–water partition coefficient (Wildman–Crippen LogP) is 6.00. The molecule has 1 aliphatic heterocycles. The molecule has 3 aromatic rings. The van der Waals surface area contributed by atoms with Crippen LogP contribution in [0.3, 0.4) is 0 Å². The third kappa shape index (κ3) is 5.42. The van der Waals surface area contributed by atoms with Crippen molar-refractivity contribution in [3.63, 3.8) is 0 Å². The highest BCUT2D eigenvalue weighted by Gasteiger charge is 2.36. The summed E-state index contributed by atoms with van der Waals surface area (Å²) in [6.07, 6.45) is 3.41. The number of carbonyl (C=O) groups excluding carboxylic acids is 1. The van der Waals surface area contributed by atoms with Crippen molar-refractivity contribution in [2.75, 3.05) is 26.2 Å². The molecular formula is C31H38N2O. The normalized spacial score (nSPS) is 15.3. The Hall–Kier alpha value is -2.91. The monoisotopic (exact) mass is 454 g/mol. The zero-order valence-corrected chi connectivity index (χ0v) is 20.9. The molecule has 0 atom stereocenters. The van der Waals surface area contributed by atoms with E-state index in [-0.39, 0.29) is 5.91 Å². The van der Waals surface area contributed by atoms with E-state index < -0.39 is 5.41 Å². The number of rotatable bonds is 8. The Balaban J connectivity index is 1.29. The van der Waals surface area contributed by atoms with Gasteiger partial charge in [0.2, 0.25) is 5.91 Å². The van der Waals surface area contributed by atoms with Gasteiger partial charge in [-0.2, -0.15) is 0 Å². The van der Waals surface area contributed by atoms with E-state index in [0.29, 0.717) is 12.5 Å². The number of carbonyl (C=O) groups is 1. The molecule has 3 nitrogen and oxygen atoms in total. The summed E-state index contributed by atoms with van der Waals surface area (Å²) in [7, 11) is 0. The molecule has 0 saturated carbocycles. The average molecular weight is 455 g/mol. The molecule has 1 amide bonds. The largest absolute Gasteiger partial charge is 0.355 e. The minimum absolute atomic E-state index is 0.0681. The van der Waals surface area contributed by atoms with Gasteiger partial charge in [-0.3, -0.25) is 4.79 Å². The molecule has 1 saturated heterocycles. The van der Waals surface area contributed by atoms with Crippen LogP contribution < -0.4 is 5.32 Å². The van der Waals surface area contributed by atoms with Crippen LogP contribution in [0.1, 0.15) is 59.9 Å². The highest BCUT2D eigenvalue weighted by molar-refractivity contribution is 5.91. The van der Waals surface area contributed by atoms with Crippen molar-refractivity contribution in [3.8, 4) is 0 Å². The van der Waals surface area contributed by atoms with Crippen molar-refractivity contribution in [1.82, 2.24) is 10.2 Å². The standard InChI is InChI=1S/C31H38N2O/c1-24-15-16-25(2)29(23-24)26-17-21-33(22-18-26)20-10-19-32-30(34)31(3,27-11-6-4-7-12-27)28-13-8-5-9-14-28/h4-9,11-16,23,26H,10,17-22H2,1-3H3,(H,32,34). The van der Waals surface area contributed by atoms with E-state index in [1.165, 1.54) is 29.5 Å². The van der Waals surface area contributed by atoms with Crippen LogP contribution in [0.2, 0.25) is 0 Å². The second-order valence-electron chi connectivity index (χ2n) is 9.94. The Labute approximate surface area is 205 Å². The Morgan fingerprint density at radius 1 is 0.912 bits per heavy atom. The molecule has 0 radical (unpaired) electrons. The van der Waals surface area contributed by atoms with Crippen molar-refractivity contribution in [1.29, 1.82) is 0 Å². The lowest BCUT2D eigenvalue weighted by Gasteiger charge is -2.33. The SMILES string of the molecule is Cc1ccc(C)c(C2CCN(CCCNC(=O)C(C)(c3ccccc3)c3ccccc3)CC2)c1. The molecule has 0 aliphatic carbocycles. The second kappa shape index (κ2) is 11.0. The fourth-order valence-corrected chi connectivity index (χ4v) is 5.32. The van der Waals surface area contributed by atoms with E-state index in [1.807, 2.05) is 67.6 Å². The van der Waals surface area contributed by atoms with E-state index in [4.69, 9.17) is 0 Å². The zero-order valence-electron chi connectivity index (χ0n) is 20.9. The zero-order chi connectivity index (χ0) is 24.0. The van der Waals surface area contributed by atoms with Gasteiger partial charge in [0.15, 0.2) is 0 Å². The smallest absolute Gasteiger partial charge is 0.234 e.